The Morgan fingerprint density at radius 1 is 1.07 bits per heavy atom. The van der Waals surface area contributed by atoms with Crippen molar-refractivity contribution in [2.75, 3.05) is 25.1 Å². The van der Waals surface area contributed by atoms with Crippen molar-refractivity contribution in [1.82, 2.24) is 5.32 Å². The average Bonchev–Trinajstić information content (AvgIpc) is 2.66. The zero-order chi connectivity index (χ0) is 20.4. The van der Waals surface area contributed by atoms with E-state index >= 15 is 0 Å². The lowest BCUT2D eigenvalue weighted by molar-refractivity contribution is 0.0977. The molecule has 0 spiro atoms. The smallest absolute Gasteiger partial charge is 0.257 e. The van der Waals surface area contributed by atoms with Crippen molar-refractivity contribution in [3.63, 3.8) is 0 Å². The summed E-state index contributed by atoms with van der Waals surface area (Å²) in [5.74, 6) is 1.04. The molecule has 0 unspecified atom stereocenters. The van der Waals surface area contributed by atoms with Crippen molar-refractivity contribution in [1.29, 1.82) is 0 Å². The minimum atomic E-state index is -0.302. The maximum absolute atomic E-state index is 12.4. The van der Waals surface area contributed by atoms with Crippen LogP contribution < -0.4 is 20.1 Å². The maximum atomic E-state index is 12.4. The highest BCUT2D eigenvalue weighted by molar-refractivity contribution is 7.80. The highest BCUT2D eigenvalue weighted by Gasteiger charge is 2.10. The van der Waals surface area contributed by atoms with Crippen molar-refractivity contribution < 1.29 is 19.0 Å². The Hall–Kier alpha value is -2.64. The lowest BCUT2D eigenvalue weighted by Gasteiger charge is -2.14. The van der Waals surface area contributed by atoms with Gasteiger partial charge in [-0.15, -0.1) is 0 Å². The molecule has 0 fully saturated rings. The molecule has 2 rings (SSSR count). The molecular weight excluding hydrogens is 376 g/mol. The van der Waals surface area contributed by atoms with Gasteiger partial charge in [-0.3, -0.25) is 10.1 Å². The molecule has 2 aromatic rings. The van der Waals surface area contributed by atoms with Gasteiger partial charge in [-0.25, -0.2) is 0 Å². The van der Waals surface area contributed by atoms with Gasteiger partial charge in [0.25, 0.3) is 5.91 Å². The Morgan fingerprint density at radius 3 is 2.46 bits per heavy atom. The fraction of sp³-hybridized carbons (Fsp3) is 0.333. The van der Waals surface area contributed by atoms with E-state index in [1.165, 1.54) is 0 Å². The number of ether oxygens (including phenoxy) is 3. The molecule has 6 nitrogen and oxygen atoms in total. The molecule has 150 valence electrons. The van der Waals surface area contributed by atoms with Crippen LogP contribution in [-0.4, -0.2) is 36.9 Å². The molecule has 0 bridgehead atoms. The molecule has 0 saturated carbocycles. The van der Waals surface area contributed by atoms with Gasteiger partial charge in [0, 0.05) is 12.2 Å². The summed E-state index contributed by atoms with van der Waals surface area (Å²) in [6.07, 6.45) is 0.0762. The zero-order valence-corrected chi connectivity index (χ0v) is 17.2. The van der Waals surface area contributed by atoms with Crippen molar-refractivity contribution in [3.05, 3.63) is 54.1 Å². The average molecular weight is 403 g/mol. The summed E-state index contributed by atoms with van der Waals surface area (Å²) in [5, 5.41) is 5.86. The Labute approximate surface area is 171 Å². The fourth-order valence-electron chi connectivity index (χ4n) is 2.34. The number of thiocarbonyl (C=S) groups is 1. The summed E-state index contributed by atoms with van der Waals surface area (Å²) in [6.45, 7) is 7.40. The first-order valence-electron chi connectivity index (χ1n) is 9.18. The lowest BCUT2D eigenvalue weighted by Crippen LogP contribution is -2.34. The number of carbonyl (C=O) groups is 1. The fourth-order valence-corrected chi connectivity index (χ4v) is 2.54. The minimum absolute atomic E-state index is 0.0762. The van der Waals surface area contributed by atoms with Crippen molar-refractivity contribution in [2.45, 2.75) is 26.9 Å². The first kappa shape index (κ1) is 21.7. The maximum Gasteiger partial charge on any atom is 0.257 e. The molecule has 7 heteroatoms. The quantitative estimate of drug-likeness (QED) is 0.488. The third-order valence-corrected chi connectivity index (χ3v) is 3.74. The number of anilines is 1. The van der Waals surface area contributed by atoms with Crippen LogP contribution in [0.5, 0.6) is 11.5 Å². The second-order valence-electron chi connectivity index (χ2n) is 6.14. The van der Waals surface area contributed by atoms with E-state index in [9.17, 15) is 4.79 Å². The molecule has 0 heterocycles. The number of nitrogens with one attached hydrogen (secondary N) is 2. The van der Waals surface area contributed by atoms with Crippen LogP contribution in [0.2, 0.25) is 0 Å². The molecule has 2 aromatic carbocycles. The Balaban J connectivity index is 1.92. The van der Waals surface area contributed by atoms with E-state index in [-0.39, 0.29) is 17.1 Å². The monoisotopic (exact) mass is 402 g/mol. The van der Waals surface area contributed by atoms with Crippen LogP contribution in [0.25, 0.3) is 0 Å². The minimum Gasteiger partial charge on any atom is -0.491 e. The molecule has 28 heavy (non-hydrogen) atoms. The van der Waals surface area contributed by atoms with E-state index in [1.807, 2.05) is 45.0 Å². The number of benzene rings is 2. The number of hydrogen-bond donors (Lipinski definition) is 2. The molecular formula is C21H26N2O4S. The predicted octanol–water partition coefficient (Wildman–Crippen LogP) is 4.02. The summed E-state index contributed by atoms with van der Waals surface area (Å²) in [7, 11) is 0. The normalized spacial score (nSPS) is 10.4. The third kappa shape index (κ3) is 7.17. The Morgan fingerprint density at radius 2 is 1.79 bits per heavy atom. The van der Waals surface area contributed by atoms with E-state index in [4.69, 9.17) is 26.4 Å². The summed E-state index contributed by atoms with van der Waals surface area (Å²) in [5.41, 5.74) is 1.16. The number of amides is 1. The third-order valence-electron chi connectivity index (χ3n) is 3.54. The highest BCUT2D eigenvalue weighted by atomic mass is 32.1. The van der Waals surface area contributed by atoms with E-state index < -0.39 is 0 Å². The van der Waals surface area contributed by atoms with Crippen LogP contribution in [0.4, 0.5) is 5.69 Å². The van der Waals surface area contributed by atoms with Crippen LogP contribution in [0, 0.1) is 0 Å². The van der Waals surface area contributed by atoms with Crippen LogP contribution in [0.3, 0.4) is 0 Å². The van der Waals surface area contributed by atoms with E-state index in [1.54, 1.807) is 24.3 Å². The molecule has 0 aliphatic carbocycles. The van der Waals surface area contributed by atoms with Crippen LogP contribution in [0.15, 0.2) is 48.5 Å². The van der Waals surface area contributed by atoms with Gasteiger partial charge in [-0.2, -0.15) is 0 Å². The van der Waals surface area contributed by atoms with Crippen molar-refractivity contribution in [2.24, 2.45) is 0 Å². The second kappa shape index (κ2) is 11.3. The molecule has 2 N–H and O–H groups in total. The van der Waals surface area contributed by atoms with E-state index in [0.717, 1.165) is 0 Å². The van der Waals surface area contributed by atoms with E-state index in [2.05, 4.69) is 10.6 Å². The molecule has 0 aliphatic heterocycles. The SMILES string of the molecule is CCOCCOc1ccccc1NC(=S)NC(=O)c1ccc(OC(C)C)cc1. The van der Waals surface area contributed by atoms with Crippen LogP contribution >= 0.6 is 12.2 Å². The lowest BCUT2D eigenvalue weighted by atomic mass is 10.2. The van der Waals surface area contributed by atoms with Crippen molar-refractivity contribution in [3.8, 4) is 11.5 Å². The summed E-state index contributed by atoms with van der Waals surface area (Å²) in [6, 6.07) is 14.3. The Kier molecular flexibility index (Phi) is 8.71. The van der Waals surface area contributed by atoms with Gasteiger partial charge in [0.15, 0.2) is 5.11 Å². The summed E-state index contributed by atoms with van der Waals surface area (Å²) in [4.78, 5) is 12.4. The predicted molar refractivity (Wildman–Crippen MR) is 114 cm³/mol. The number of carbonyl (C=O) groups excluding carboxylic acids is 1. The van der Waals surface area contributed by atoms with Gasteiger partial charge < -0.3 is 19.5 Å². The van der Waals surface area contributed by atoms with Gasteiger partial charge in [0.1, 0.15) is 18.1 Å². The summed E-state index contributed by atoms with van der Waals surface area (Å²) >= 11 is 5.26. The summed E-state index contributed by atoms with van der Waals surface area (Å²) < 4.78 is 16.5. The first-order chi connectivity index (χ1) is 13.5. The van der Waals surface area contributed by atoms with Gasteiger partial charge in [-0.1, -0.05) is 12.1 Å². The molecule has 1 amide bonds. The number of rotatable bonds is 9. The molecule has 0 aromatic heterocycles. The van der Waals surface area contributed by atoms with E-state index in [0.29, 0.717) is 42.6 Å². The van der Waals surface area contributed by atoms with Gasteiger partial charge in [0.2, 0.25) is 0 Å². The molecule has 0 radical (unpaired) electrons. The molecule has 0 saturated heterocycles. The molecule has 0 atom stereocenters. The number of hydrogen-bond acceptors (Lipinski definition) is 5. The zero-order valence-electron chi connectivity index (χ0n) is 16.4. The van der Waals surface area contributed by atoms with Gasteiger partial charge in [0.05, 0.1) is 18.4 Å². The van der Waals surface area contributed by atoms with Crippen molar-refractivity contribution >= 4 is 28.9 Å². The largest absolute Gasteiger partial charge is 0.491 e. The van der Waals surface area contributed by atoms with Gasteiger partial charge >= 0.3 is 0 Å². The van der Waals surface area contributed by atoms with Crippen LogP contribution in [0.1, 0.15) is 31.1 Å². The topological polar surface area (TPSA) is 68.8 Å². The highest BCUT2D eigenvalue weighted by Crippen LogP contribution is 2.23. The Bertz CT molecular complexity index is 778. The van der Waals surface area contributed by atoms with Gasteiger partial charge in [-0.05, 0) is 69.4 Å². The standard InChI is InChI=1S/C21H26N2O4S/c1-4-25-13-14-26-19-8-6-5-7-18(19)22-21(28)23-20(24)16-9-11-17(12-10-16)27-15(2)3/h5-12,15H,4,13-14H2,1-3H3,(H2,22,23,24,28). The molecule has 0 aliphatic rings. The van der Waals surface area contributed by atoms with Crippen LogP contribution in [-0.2, 0) is 4.74 Å². The first-order valence-corrected chi connectivity index (χ1v) is 9.59. The second-order valence-corrected chi connectivity index (χ2v) is 6.55. The number of para-hydroxylation sites is 2.